The molecule has 6 rings (SSSR count). The normalized spacial score (nSPS) is 18.7. The summed E-state index contributed by atoms with van der Waals surface area (Å²) in [4.78, 5) is 30.3. The molecule has 0 amide bonds. The Balaban J connectivity index is 1.33. The van der Waals surface area contributed by atoms with E-state index in [4.69, 9.17) is 19.4 Å². The summed E-state index contributed by atoms with van der Waals surface area (Å²) in [6, 6.07) is 9.14. The zero-order chi connectivity index (χ0) is 21.5. The number of nitrogens with one attached hydrogen (secondary N) is 2. The third kappa shape index (κ3) is 3.69. The van der Waals surface area contributed by atoms with Gasteiger partial charge in [0, 0.05) is 36.6 Å². The highest BCUT2D eigenvalue weighted by Crippen LogP contribution is 2.49. The van der Waals surface area contributed by atoms with Crippen molar-refractivity contribution in [3.8, 4) is 17.3 Å². The molecule has 0 unspecified atom stereocenters. The molecule has 32 heavy (non-hydrogen) atoms. The lowest BCUT2D eigenvalue weighted by atomic mass is 10.0. The van der Waals surface area contributed by atoms with Crippen LogP contribution in [0.1, 0.15) is 24.8 Å². The fourth-order valence-corrected chi connectivity index (χ4v) is 4.29. The Morgan fingerprint density at radius 1 is 1.03 bits per heavy atom. The van der Waals surface area contributed by atoms with Crippen LogP contribution in [-0.4, -0.2) is 51.8 Å². The molecule has 4 heterocycles. The van der Waals surface area contributed by atoms with Crippen LogP contribution < -0.4 is 20.5 Å². The van der Waals surface area contributed by atoms with Gasteiger partial charge in [-0.3, -0.25) is 9.78 Å². The highest BCUT2D eigenvalue weighted by molar-refractivity contribution is 5.66. The van der Waals surface area contributed by atoms with E-state index in [1.165, 1.54) is 12.3 Å². The zero-order valence-electron chi connectivity index (χ0n) is 17.6. The zero-order valence-corrected chi connectivity index (χ0v) is 17.6. The summed E-state index contributed by atoms with van der Waals surface area (Å²) in [5, 5.41) is 3.10. The molecule has 1 saturated heterocycles. The quantitative estimate of drug-likeness (QED) is 0.648. The van der Waals surface area contributed by atoms with Gasteiger partial charge in [0.1, 0.15) is 11.4 Å². The van der Waals surface area contributed by atoms with Crippen molar-refractivity contribution >= 4 is 17.5 Å². The second-order valence-corrected chi connectivity index (χ2v) is 8.52. The van der Waals surface area contributed by atoms with Crippen molar-refractivity contribution in [3.05, 3.63) is 52.4 Å². The molecule has 0 radical (unpaired) electrons. The number of benzene rings is 1. The number of aromatic amines is 1. The second-order valence-electron chi connectivity index (χ2n) is 8.52. The Kier molecular flexibility index (Phi) is 4.57. The van der Waals surface area contributed by atoms with Crippen LogP contribution in [0.4, 0.5) is 17.5 Å². The van der Waals surface area contributed by atoms with E-state index in [1.54, 1.807) is 0 Å². The molecule has 2 N–H and O–H groups in total. The second kappa shape index (κ2) is 7.59. The number of nitrogens with zero attached hydrogens (tertiary/aromatic N) is 4. The Bertz CT molecular complexity index is 1200. The highest BCUT2D eigenvalue weighted by Gasteiger charge is 2.48. The number of anilines is 3. The van der Waals surface area contributed by atoms with Crippen molar-refractivity contribution in [1.29, 1.82) is 0 Å². The predicted molar refractivity (Wildman–Crippen MR) is 120 cm³/mol. The average molecular weight is 432 g/mol. The molecule has 9 nitrogen and oxygen atoms in total. The highest BCUT2D eigenvalue weighted by atomic mass is 16.5. The molecule has 3 aromatic rings. The molecule has 0 bridgehead atoms. The number of aromatic nitrogens is 4. The van der Waals surface area contributed by atoms with Crippen LogP contribution in [0.5, 0.6) is 5.88 Å². The average Bonchev–Trinajstić information content (AvgIpc) is 3.57. The van der Waals surface area contributed by atoms with Crippen molar-refractivity contribution in [3.63, 3.8) is 0 Å². The van der Waals surface area contributed by atoms with Gasteiger partial charge in [-0.05, 0) is 49.9 Å². The maximum Gasteiger partial charge on any atom is 0.252 e. The van der Waals surface area contributed by atoms with E-state index >= 15 is 0 Å². The number of rotatable bonds is 4. The van der Waals surface area contributed by atoms with Crippen LogP contribution in [-0.2, 0) is 11.2 Å². The number of morpholine rings is 1. The monoisotopic (exact) mass is 432 g/mol. The third-order valence-electron chi connectivity index (χ3n) is 6.29. The summed E-state index contributed by atoms with van der Waals surface area (Å²) in [6.45, 7) is 3.04. The summed E-state index contributed by atoms with van der Waals surface area (Å²) in [7, 11) is 0. The van der Waals surface area contributed by atoms with Crippen molar-refractivity contribution in [2.24, 2.45) is 0 Å². The van der Waals surface area contributed by atoms with Gasteiger partial charge in [0.2, 0.25) is 11.8 Å². The van der Waals surface area contributed by atoms with Gasteiger partial charge in [0.25, 0.3) is 5.56 Å². The van der Waals surface area contributed by atoms with Gasteiger partial charge >= 0.3 is 0 Å². The fraction of sp³-hybridized carbons (Fsp3) is 0.391. The molecule has 2 aliphatic heterocycles. The first-order valence-corrected chi connectivity index (χ1v) is 11.0. The van der Waals surface area contributed by atoms with Crippen LogP contribution in [0, 0.1) is 0 Å². The molecular formula is C23H24N6O3. The molecular weight excluding hydrogens is 408 g/mol. The molecule has 9 heteroatoms. The SMILES string of the molecule is O=c1ccnc(Nc2ccc(-c3nc4c(c(N5CCOCC5)n3)CCC3(CC3)O4)cc2)[nH]1. The van der Waals surface area contributed by atoms with Crippen LogP contribution in [0.25, 0.3) is 11.4 Å². The number of hydrogen-bond donors (Lipinski definition) is 2. The van der Waals surface area contributed by atoms with E-state index in [2.05, 4.69) is 20.2 Å². The van der Waals surface area contributed by atoms with E-state index in [9.17, 15) is 4.79 Å². The lowest BCUT2D eigenvalue weighted by Gasteiger charge is -2.33. The van der Waals surface area contributed by atoms with Crippen LogP contribution in [0.15, 0.2) is 41.3 Å². The van der Waals surface area contributed by atoms with E-state index in [1.807, 2.05) is 24.3 Å². The predicted octanol–water partition coefficient (Wildman–Crippen LogP) is 2.66. The van der Waals surface area contributed by atoms with Crippen LogP contribution in [0.3, 0.4) is 0 Å². The summed E-state index contributed by atoms with van der Waals surface area (Å²) < 4.78 is 11.9. The van der Waals surface area contributed by atoms with Gasteiger partial charge in [-0.25, -0.2) is 9.97 Å². The standard InChI is InChI=1S/C23H24N6O3/c30-18-6-10-24-22(26-18)25-16-3-1-15(2-4-16)19-27-20(29-11-13-31-14-12-29)17-5-7-23(8-9-23)32-21(17)28-19/h1-4,6,10H,5,7-9,11-14H2,(H2,24,25,26,30). The molecule has 2 fully saturated rings. The van der Waals surface area contributed by atoms with Crippen molar-refractivity contribution in [2.75, 3.05) is 36.5 Å². The lowest BCUT2D eigenvalue weighted by Crippen LogP contribution is -2.38. The fourth-order valence-electron chi connectivity index (χ4n) is 4.29. The number of hydrogen-bond acceptors (Lipinski definition) is 8. The van der Waals surface area contributed by atoms with Gasteiger partial charge in [-0.2, -0.15) is 4.98 Å². The van der Waals surface area contributed by atoms with Crippen LogP contribution in [0.2, 0.25) is 0 Å². The molecule has 1 aromatic carbocycles. The summed E-state index contributed by atoms with van der Waals surface area (Å²) in [5.74, 6) is 2.75. The minimum atomic E-state index is -0.203. The number of H-pyrrole nitrogens is 1. The first-order chi connectivity index (χ1) is 15.7. The van der Waals surface area contributed by atoms with E-state index in [-0.39, 0.29) is 11.2 Å². The van der Waals surface area contributed by atoms with Gasteiger partial charge < -0.3 is 19.7 Å². The first kappa shape index (κ1) is 19.2. The molecule has 2 aromatic heterocycles. The Labute approximate surface area is 184 Å². The van der Waals surface area contributed by atoms with Crippen molar-refractivity contribution < 1.29 is 9.47 Å². The van der Waals surface area contributed by atoms with E-state index < -0.39 is 0 Å². The molecule has 1 saturated carbocycles. The summed E-state index contributed by atoms with van der Waals surface area (Å²) in [6.07, 6.45) is 5.67. The number of fused-ring (bicyclic) bond motifs is 1. The van der Waals surface area contributed by atoms with E-state index in [0.29, 0.717) is 25.0 Å². The molecule has 1 aliphatic carbocycles. The number of ether oxygens (including phenoxy) is 2. The van der Waals surface area contributed by atoms with Gasteiger partial charge in [-0.1, -0.05) is 0 Å². The Morgan fingerprint density at radius 2 is 1.84 bits per heavy atom. The van der Waals surface area contributed by atoms with Crippen molar-refractivity contribution in [1.82, 2.24) is 19.9 Å². The third-order valence-corrected chi connectivity index (χ3v) is 6.29. The first-order valence-electron chi connectivity index (χ1n) is 11.0. The molecule has 1 spiro atoms. The summed E-state index contributed by atoms with van der Waals surface area (Å²) >= 11 is 0. The van der Waals surface area contributed by atoms with Gasteiger partial charge in [0.05, 0.1) is 18.8 Å². The van der Waals surface area contributed by atoms with E-state index in [0.717, 1.165) is 67.3 Å². The van der Waals surface area contributed by atoms with Crippen molar-refractivity contribution in [2.45, 2.75) is 31.3 Å². The minimum absolute atomic E-state index is 0.00567. The maximum absolute atomic E-state index is 11.5. The topological polar surface area (TPSA) is 105 Å². The minimum Gasteiger partial charge on any atom is -0.471 e. The smallest absolute Gasteiger partial charge is 0.252 e. The maximum atomic E-state index is 11.5. The summed E-state index contributed by atoms with van der Waals surface area (Å²) in [5.41, 5.74) is 2.62. The molecule has 164 valence electrons. The largest absolute Gasteiger partial charge is 0.471 e. The Morgan fingerprint density at radius 3 is 2.59 bits per heavy atom. The molecule has 3 aliphatic rings. The van der Waals surface area contributed by atoms with Gasteiger partial charge in [0.15, 0.2) is 5.82 Å². The van der Waals surface area contributed by atoms with Gasteiger partial charge in [-0.15, -0.1) is 0 Å². The van der Waals surface area contributed by atoms with Crippen LogP contribution >= 0.6 is 0 Å². The molecule has 0 atom stereocenters. The lowest BCUT2D eigenvalue weighted by molar-refractivity contribution is 0.121. The Hall–Kier alpha value is -3.46.